The van der Waals surface area contributed by atoms with Crippen LogP contribution in [0.3, 0.4) is 0 Å². The molecule has 0 aromatic heterocycles. The minimum atomic E-state index is -0.602. The zero-order valence-electron chi connectivity index (χ0n) is 18.6. The lowest BCUT2D eigenvalue weighted by Crippen LogP contribution is -2.34. The van der Waals surface area contributed by atoms with E-state index in [1.165, 1.54) is 12.7 Å². The first-order valence-corrected chi connectivity index (χ1v) is 10.8. The highest BCUT2D eigenvalue weighted by Gasteiger charge is 2.22. The summed E-state index contributed by atoms with van der Waals surface area (Å²) in [6, 6.07) is 26.0. The van der Waals surface area contributed by atoms with E-state index in [1.54, 1.807) is 7.11 Å². The second kappa shape index (κ2) is 10.1. The number of anilines is 2. The number of ether oxygens (including phenoxy) is 2. The quantitative estimate of drug-likeness (QED) is 0.362. The van der Waals surface area contributed by atoms with Gasteiger partial charge in [-0.3, -0.25) is 9.59 Å². The molecule has 6 heteroatoms. The van der Waals surface area contributed by atoms with Gasteiger partial charge < -0.3 is 20.1 Å². The van der Waals surface area contributed by atoms with Crippen LogP contribution in [0.2, 0.25) is 0 Å². The molecular weight excluding hydrogens is 416 g/mol. The van der Waals surface area contributed by atoms with Crippen LogP contribution in [0.1, 0.15) is 22.7 Å². The van der Waals surface area contributed by atoms with Crippen molar-refractivity contribution in [3.05, 3.63) is 116 Å². The predicted octanol–water partition coefficient (Wildman–Crippen LogP) is 3.97. The van der Waals surface area contributed by atoms with Gasteiger partial charge in [-0.05, 0) is 47.4 Å². The highest BCUT2D eigenvalue weighted by molar-refractivity contribution is 5.70. The molecule has 6 nitrogen and oxygen atoms in total. The van der Waals surface area contributed by atoms with Crippen LogP contribution in [-0.4, -0.2) is 20.8 Å². The molecule has 2 N–H and O–H groups in total. The molecule has 0 bridgehead atoms. The van der Waals surface area contributed by atoms with Crippen LogP contribution >= 0.6 is 0 Å². The van der Waals surface area contributed by atoms with Crippen LogP contribution in [0.25, 0.3) is 0 Å². The van der Waals surface area contributed by atoms with Crippen LogP contribution < -0.4 is 31.0 Å². The third-order valence-corrected chi connectivity index (χ3v) is 5.61. The Morgan fingerprint density at radius 1 is 0.788 bits per heavy atom. The average molecular weight is 443 g/mol. The van der Waals surface area contributed by atoms with Crippen molar-refractivity contribution in [2.24, 2.45) is 0 Å². The van der Waals surface area contributed by atoms with E-state index in [0.717, 1.165) is 29.8 Å². The summed E-state index contributed by atoms with van der Waals surface area (Å²) in [5, 5.41) is 6.70. The zero-order chi connectivity index (χ0) is 23.2. The molecule has 0 radical (unpaired) electrons. The van der Waals surface area contributed by atoms with E-state index in [-0.39, 0.29) is 17.5 Å². The average Bonchev–Trinajstić information content (AvgIpc) is 2.87. The maximum atomic E-state index is 11.9. The summed E-state index contributed by atoms with van der Waals surface area (Å²) in [6.45, 7) is 0.782. The fraction of sp³-hybridized carbons (Fsp3) is 0.185. The van der Waals surface area contributed by atoms with Gasteiger partial charge in [0.25, 0.3) is 10.9 Å². The molecule has 0 spiro atoms. The lowest BCUT2D eigenvalue weighted by Gasteiger charge is -2.21. The monoisotopic (exact) mass is 442 g/mol. The van der Waals surface area contributed by atoms with Crippen molar-refractivity contribution in [1.29, 1.82) is 0 Å². The van der Waals surface area contributed by atoms with Crippen LogP contribution in [0.4, 0.5) is 11.4 Å². The van der Waals surface area contributed by atoms with Gasteiger partial charge in [0.05, 0.1) is 20.3 Å². The van der Waals surface area contributed by atoms with Crippen molar-refractivity contribution in [2.45, 2.75) is 12.5 Å². The van der Waals surface area contributed by atoms with Gasteiger partial charge in [-0.1, -0.05) is 54.6 Å². The summed E-state index contributed by atoms with van der Waals surface area (Å²) in [5.74, 6) is 0.863. The number of hydrogen-bond acceptors (Lipinski definition) is 6. The van der Waals surface area contributed by atoms with Crippen LogP contribution in [-0.2, 0) is 6.42 Å². The Labute approximate surface area is 192 Å². The first-order valence-electron chi connectivity index (χ1n) is 10.8. The van der Waals surface area contributed by atoms with Crippen molar-refractivity contribution in [3.8, 4) is 11.5 Å². The molecule has 4 aromatic rings. The molecule has 1 atom stereocenters. The fourth-order valence-corrected chi connectivity index (χ4v) is 3.85. The molecule has 4 aromatic carbocycles. The summed E-state index contributed by atoms with van der Waals surface area (Å²) < 4.78 is 10.3. The van der Waals surface area contributed by atoms with E-state index in [4.69, 9.17) is 9.47 Å². The molecule has 33 heavy (non-hydrogen) atoms. The van der Waals surface area contributed by atoms with Crippen molar-refractivity contribution in [1.82, 2.24) is 5.32 Å². The second-order valence-corrected chi connectivity index (χ2v) is 7.71. The van der Waals surface area contributed by atoms with Gasteiger partial charge in [0, 0.05) is 12.2 Å². The highest BCUT2D eigenvalue weighted by Crippen LogP contribution is 2.28. The summed E-state index contributed by atoms with van der Waals surface area (Å²) in [7, 11) is 3.03. The summed E-state index contributed by atoms with van der Waals surface area (Å²) in [6.07, 6.45) is 0.895. The molecule has 1 unspecified atom stereocenters. The van der Waals surface area contributed by atoms with E-state index < -0.39 is 10.9 Å². The maximum Gasteiger partial charge on any atom is 0.272 e. The number of rotatable bonds is 10. The lowest BCUT2D eigenvalue weighted by molar-refractivity contribution is 0.408. The third-order valence-electron chi connectivity index (χ3n) is 5.61. The molecular formula is C27H26N2O4. The Hall–Kier alpha value is -3.90. The number of nitrogens with one attached hydrogen (secondary N) is 2. The topological polar surface area (TPSA) is 76.7 Å². The Kier molecular flexibility index (Phi) is 6.86. The first kappa shape index (κ1) is 22.3. The molecule has 168 valence electrons. The van der Waals surface area contributed by atoms with E-state index in [9.17, 15) is 9.59 Å². The van der Waals surface area contributed by atoms with Gasteiger partial charge in [0.1, 0.15) is 11.4 Å². The van der Waals surface area contributed by atoms with Crippen molar-refractivity contribution >= 4 is 11.4 Å². The minimum Gasteiger partial charge on any atom is -0.497 e. The van der Waals surface area contributed by atoms with Crippen molar-refractivity contribution in [3.63, 3.8) is 0 Å². The van der Waals surface area contributed by atoms with Crippen LogP contribution in [0, 0.1) is 0 Å². The van der Waals surface area contributed by atoms with Gasteiger partial charge in [0.2, 0.25) is 0 Å². The standard InChI is InChI=1S/C27H26N2O4/c1-32-22-13-11-19(12-14-22)23(28-16-15-18-7-4-3-5-8-18)20-9-6-10-21(17-20)29-24-25(30)26(31)27(24)33-2/h3-14,17,23,28-29H,15-16H2,1-2H3. The first-order chi connectivity index (χ1) is 16.1. The van der Waals surface area contributed by atoms with E-state index in [0.29, 0.717) is 5.69 Å². The normalized spacial score (nSPS) is 11.8. The second-order valence-electron chi connectivity index (χ2n) is 7.71. The smallest absolute Gasteiger partial charge is 0.272 e. The molecule has 0 heterocycles. The maximum absolute atomic E-state index is 11.9. The van der Waals surface area contributed by atoms with E-state index in [1.807, 2.05) is 66.7 Å². The fourth-order valence-electron chi connectivity index (χ4n) is 3.85. The van der Waals surface area contributed by atoms with Gasteiger partial charge in [0.15, 0.2) is 5.75 Å². The Morgan fingerprint density at radius 2 is 1.55 bits per heavy atom. The zero-order valence-corrected chi connectivity index (χ0v) is 18.6. The number of benzene rings is 3. The molecule has 0 saturated carbocycles. The van der Waals surface area contributed by atoms with Crippen molar-refractivity contribution in [2.75, 3.05) is 26.1 Å². The minimum absolute atomic E-state index is 0.0677. The van der Waals surface area contributed by atoms with Gasteiger partial charge in [-0.2, -0.15) is 0 Å². The molecule has 0 fully saturated rings. The van der Waals surface area contributed by atoms with Gasteiger partial charge >= 0.3 is 0 Å². The Balaban J connectivity index is 1.58. The summed E-state index contributed by atoms with van der Waals surface area (Å²) in [4.78, 5) is 23.6. The van der Waals surface area contributed by atoms with Gasteiger partial charge in [-0.15, -0.1) is 0 Å². The van der Waals surface area contributed by atoms with E-state index in [2.05, 4.69) is 22.8 Å². The molecule has 4 rings (SSSR count). The van der Waals surface area contributed by atoms with E-state index >= 15 is 0 Å². The highest BCUT2D eigenvalue weighted by atomic mass is 16.5. The molecule has 0 amide bonds. The molecule has 0 aliphatic rings. The number of hydrogen-bond donors (Lipinski definition) is 2. The van der Waals surface area contributed by atoms with Gasteiger partial charge in [-0.25, -0.2) is 0 Å². The lowest BCUT2D eigenvalue weighted by atomic mass is 9.97. The third kappa shape index (κ3) is 4.96. The van der Waals surface area contributed by atoms with Crippen LogP contribution in [0.15, 0.2) is 88.5 Å². The SMILES string of the molecule is COc1ccc(C(NCCc2ccccc2)c2cccc(Nc3c(OC)c(=O)c3=O)c2)cc1. The molecule has 0 saturated heterocycles. The molecule has 0 aliphatic heterocycles. The Bertz CT molecular complexity index is 1280. The van der Waals surface area contributed by atoms with Crippen LogP contribution in [0.5, 0.6) is 11.5 Å². The summed E-state index contributed by atoms with van der Waals surface area (Å²) >= 11 is 0. The predicted molar refractivity (Wildman–Crippen MR) is 131 cm³/mol. The summed E-state index contributed by atoms with van der Waals surface area (Å²) in [5.41, 5.74) is 3.11. The molecule has 0 aliphatic carbocycles. The van der Waals surface area contributed by atoms with Crippen molar-refractivity contribution < 1.29 is 9.47 Å². The number of methoxy groups -OCH3 is 2. The largest absolute Gasteiger partial charge is 0.497 e. The Morgan fingerprint density at radius 3 is 2.24 bits per heavy atom.